The van der Waals surface area contributed by atoms with E-state index in [9.17, 15) is 4.79 Å². The van der Waals surface area contributed by atoms with Gasteiger partial charge in [0, 0.05) is 22.6 Å². The SMILES string of the molecule is Cc1cc(C(=O)N(CC2CCCNC2)C2CC2)ccc1Br. The Balaban J connectivity index is 1.73. The summed E-state index contributed by atoms with van der Waals surface area (Å²) in [6.45, 7) is 5.12. The molecule has 0 spiro atoms. The molecule has 0 bridgehead atoms. The molecule has 1 aromatic rings. The number of carbonyl (C=O) groups is 1. The van der Waals surface area contributed by atoms with Crippen LogP contribution in [0.15, 0.2) is 22.7 Å². The van der Waals surface area contributed by atoms with Crippen LogP contribution in [-0.4, -0.2) is 36.5 Å². The second-order valence-corrected chi connectivity index (χ2v) is 7.22. The standard InChI is InChI=1S/C17H23BrN2O/c1-12-9-14(4-7-16(12)18)17(21)20(15-5-6-15)11-13-3-2-8-19-10-13/h4,7,9,13,15,19H,2-3,5-6,8,10-11H2,1H3. The molecule has 2 aliphatic rings. The summed E-state index contributed by atoms with van der Waals surface area (Å²) in [4.78, 5) is 15.0. The first-order valence-corrected chi connectivity index (χ1v) is 8.72. The van der Waals surface area contributed by atoms with Gasteiger partial charge in [-0.25, -0.2) is 0 Å². The Labute approximate surface area is 135 Å². The van der Waals surface area contributed by atoms with Crippen LogP contribution in [-0.2, 0) is 0 Å². The Morgan fingerprint density at radius 2 is 2.19 bits per heavy atom. The van der Waals surface area contributed by atoms with Crippen LogP contribution in [0.5, 0.6) is 0 Å². The van der Waals surface area contributed by atoms with Gasteiger partial charge in [-0.05, 0) is 75.4 Å². The van der Waals surface area contributed by atoms with Gasteiger partial charge in [-0.15, -0.1) is 0 Å². The van der Waals surface area contributed by atoms with Crippen LogP contribution in [0.25, 0.3) is 0 Å². The molecule has 4 heteroatoms. The summed E-state index contributed by atoms with van der Waals surface area (Å²) in [5.41, 5.74) is 1.95. The molecule has 1 N–H and O–H groups in total. The van der Waals surface area contributed by atoms with Crippen molar-refractivity contribution in [3.05, 3.63) is 33.8 Å². The first-order chi connectivity index (χ1) is 10.1. The lowest BCUT2D eigenvalue weighted by Crippen LogP contribution is -2.42. The maximum absolute atomic E-state index is 12.9. The van der Waals surface area contributed by atoms with Crippen LogP contribution in [0, 0.1) is 12.8 Å². The predicted octanol–water partition coefficient (Wildman–Crippen LogP) is 3.36. The Kier molecular flexibility index (Phi) is 4.65. The minimum absolute atomic E-state index is 0.207. The van der Waals surface area contributed by atoms with Gasteiger partial charge in [0.25, 0.3) is 5.91 Å². The average Bonchev–Trinajstić information content (AvgIpc) is 3.33. The van der Waals surface area contributed by atoms with Crippen molar-refractivity contribution in [3.8, 4) is 0 Å². The topological polar surface area (TPSA) is 32.3 Å². The number of aryl methyl sites for hydroxylation is 1. The third kappa shape index (κ3) is 3.67. The molecule has 0 aromatic heterocycles. The summed E-state index contributed by atoms with van der Waals surface area (Å²) in [5, 5.41) is 3.45. The fourth-order valence-corrected chi connectivity index (χ4v) is 3.33. The van der Waals surface area contributed by atoms with E-state index in [2.05, 4.69) is 26.1 Å². The van der Waals surface area contributed by atoms with Gasteiger partial charge < -0.3 is 10.2 Å². The molecule has 1 saturated carbocycles. The van der Waals surface area contributed by atoms with E-state index in [1.165, 1.54) is 25.7 Å². The van der Waals surface area contributed by atoms with Gasteiger partial charge in [0.2, 0.25) is 0 Å². The van der Waals surface area contributed by atoms with Gasteiger partial charge in [-0.3, -0.25) is 4.79 Å². The number of nitrogens with one attached hydrogen (secondary N) is 1. The highest BCUT2D eigenvalue weighted by atomic mass is 79.9. The fourth-order valence-electron chi connectivity index (χ4n) is 3.09. The Morgan fingerprint density at radius 3 is 2.81 bits per heavy atom. The van der Waals surface area contributed by atoms with Crippen LogP contribution in [0.4, 0.5) is 0 Å². The molecular weight excluding hydrogens is 328 g/mol. The third-order valence-corrected chi connectivity index (χ3v) is 5.40. The highest BCUT2D eigenvalue weighted by Gasteiger charge is 2.34. The second-order valence-electron chi connectivity index (χ2n) is 6.37. The summed E-state index contributed by atoms with van der Waals surface area (Å²) in [6, 6.07) is 6.40. The largest absolute Gasteiger partial charge is 0.335 e. The third-order valence-electron chi connectivity index (χ3n) is 4.51. The zero-order valence-corrected chi connectivity index (χ0v) is 14.2. The maximum atomic E-state index is 12.9. The Morgan fingerprint density at radius 1 is 1.38 bits per heavy atom. The minimum Gasteiger partial charge on any atom is -0.335 e. The molecule has 1 unspecified atom stereocenters. The van der Waals surface area contributed by atoms with Gasteiger partial charge in [0.15, 0.2) is 0 Å². The monoisotopic (exact) mass is 350 g/mol. The predicted molar refractivity (Wildman–Crippen MR) is 88.5 cm³/mol. The van der Waals surface area contributed by atoms with Crippen molar-refractivity contribution in [3.63, 3.8) is 0 Å². The molecular formula is C17H23BrN2O. The quantitative estimate of drug-likeness (QED) is 0.902. The summed E-state index contributed by atoms with van der Waals surface area (Å²) in [6.07, 6.45) is 4.81. The van der Waals surface area contributed by atoms with Crippen LogP contribution in [0.1, 0.15) is 41.6 Å². The maximum Gasteiger partial charge on any atom is 0.254 e. The lowest BCUT2D eigenvalue weighted by molar-refractivity contribution is 0.0704. The van der Waals surface area contributed by atoms with Gasteiger partial charge in [-0.1, -0.05) is 15.9 Å². The molecule has 0 radical (unpaired) electrons. The molecule has 1 atom stereocenters. The summed E-state index contributed by atoms with van der Waals surface area (Å²) in [7, 11) is 0. The van der Waals surface area contributed by atoms with Crippen LogP contribution in [0.2, 0.25) is 0 Å². The number of rotatable bonds is 4. The molecule has 1 aromatic carbocycles. The number of hydrogen-bond acceptors (Lipinski definition) is 2. The molecule has 3 rings (SSSR count). The lowest BCUT2D eigenvalue weighted by atomic mass is 9.98. The van der Waals surface area contributed by atoms with Gasteiger partial charge in [0.05, 0.1) is 0 Å². The first-order valence-electron chi connectivity index (χ1n) is 7.93. The molecule has 1 aliphatic carbocycles. The zero-order chi connectivity index (χ0) is 14.8. The van der Waals surface area contributed by atoms with E-state index in [0.717, 1.165) is 35.2 Å². The number of nitrogens with zero attached hydrogens (tertiary/aromatic N) is 1. The number of carbonyl (C=O) groups excluding carboxylic acids is 1. The van der Waals surface area contributed by atoms with E-state index >= 15 is 0 Å². The summed E-state index contributed by atoms with van der Waals surface area (Å²) < 4.78 is 1.06. The van der Waals surface area contributed by atoms with E-state index in [1.54, 1.807) is 0 Å². The molecule has 21 heavy (non-hydrogen) atoms. The first kappa shape index (κ1) is 15.0. The average molecular weight is 351 g/mol. The van der Waals surface area contributed by atoms with E-state index in [0.29, 0.717) is 12.0 Å². The normalized spacial score (nSPS) is 22.1. The Hall–Kier alpha value is -0.870. The van der Waals surface area contributed by atoms with Crippen molar-refractivity contribution in [1.29, 1.82) is 0 Å². The minimum atomic E-state index is 0.207. The number of amides is 1. The van der Waals surface area contributed by atoms with Crippen molar-refractivity contribution >= 4 is 21.8 Å². The molecule has 1 saturated heterocycles. The highest BCUT2D eigenvalue weighted by molar-refractivity contribution is 9.10. The van der Waals surface area contributed by atoms with Crippen molar-refractivity contribution in [2.24, 2.45) is 5.92 Å². The molecule has 1 aliphatic heterocycles. The van der Waals surface area contributed by atoms with Crippen LogP contribution >= 0.6 is 15.9 Å². The van der Waals surface area contributed by atoms with E-state index in [1.807, 2.05) is 25.1 Å². The fraction of sp³-hybridized carbons (Fsp3) is 0.588. The van der Waals surface area contributed by atoms with E-state index in [4.69, 9.17) is 0 Å². The second kappa shape index (κ2) is 6.49. The van der Waals surface area contributed by atoms with Gasteiger partial charge in [0.1, 0.15) is 0 Å². The van der Waals surface area contributed by atoms with Crippen molar-refractivity contribution in [2.45, 2.75) is 38.6 Å². The van der Waals surface area contributed by atoms with Crippen molar-refractivity contribution in [2.75, 3.05) is 19.6 Å². The van der Waals surface area contributed by atoms with Crippen LogP contribution in [0.3, 0.4) is 0 Å². The number of halogens is 1. The summed E-state index contributed by atoms with van der Waals surface area (Å²) >= 11 is 3.50. The molecule has 1 heterocycles. The molecule has 2 fully saturated rings. The van der Waals surface area contributed by atoms with Crippen molar-refractivity contribution < 1.29 is 4.79 Å². The lowest BCUT2D eigenvalue weighted by Gasteiger charge is -2.30. The summed E-state index contributed by atoms with van der Waals surface area (Å²) in [5.74, 6) is 0.818. The molecule has 1 amide bonds. The van der Waals surface area contributed by atoms with Gasteiger partial charge in [-0.2, -0.15) is 0 Å². The molecule has 3 nitrogen and oxygen atoms in total. The van der Waals surface area contributed by atoms with Crippen LogP contribution < -0.4 is 5.32 Å². The number of hydrogen-bond donors (Lipinski definition) is 1. The Bertz CT molecular complexity index is 522. The molecule has 114 valence electrons. The van der Waals surface area contributed by atoms with E-state index in [-0.39, 0.29) is 5.91 Å². The van der Waals surface area contributed by atoms with Gasteiger partial charge >= 0.3 is 0 Å². The number of piperidine rings is 1. The smallest absolute Gasteiger partial charge is 0.254 e. The van der Waals surface area contributed by atoms with Crippen molar-refractivity contribution in [1.82, 2.24) is 10.2 Å². The van der Waals surface area contributed by atoms with E-state index < -0.39 is 0 Å². The zero-order valence-electron chi connectivity index (χ0n) is 12.6. The number of benzene rings is 1. The highest BCUT2D eigenvalue weighted by Crippen LogP contribution is 2.30.